The smallest absolute Gasteiger partial charge is 0.416 e. The zero-order valence-electron chi connectivity index (χ0n) is 19.0. The van der Waals surface area contributed by atoms with Crippen LogP contribution in [0.15, 0.2) is 24.4 Å². The van der Waals surface area contributed by atoms with Crippen LogP contribution in [0.4, 0.5) is 29.9 Å². The molecule has 0 saturated carbocycles. The van der Waals surface area contributed by atoms with E-state index in [4.69, 9.17) is 9.47 Å². The number of halogens is 2. The fourth-order valence-corrected chi connectivity index (χ4v) is 4.18. The van der Waals surface area contributed by atoms with E-state index in [1.807, 2.05) is 0 Å². The number of hydrogen-bond acceptors (Lipinski definition) is 8. The molecular weight excluding hydrogens is 468 g/mol. The van der Waals surface area contributed by atoms with Gasteiger partial charge in [-0.25, -0.2) is 18.4 Å². The summed E-state index contributed by atoms with van der Waals surface area (Å²) in [6.45, 7) is 6.28. The van der Waals surface area contributed by atoms with Crippen LogP contribution < -0.4 is 15.1 Å². The van der Waals surface area contributed by atoms with Crippen molar-refractivity contribution in [2.75, 3.05) is 36.0 Å². The number of nitrogens with zero attached hydrogens (tertiary/aromatic N) is 4. The van der Waals surface area contributed by atoms with Crippen molar-refractivity contribution in [3.05, 3.63) is 41.6 Å². The summed E-state index contributed by atoms with van der Waals surface area (Å²) in [6, 6.07) is 2.25. The number of nitrogens with one attached hydrogen (secondary N) is 1. The molecule has 0 radical (unpaired) electrons. The van der Waals surface area contributed by atoms with Crippen LogP contribution in [0.25, 0.3) is 5.57 Å². The fourth-order valence-electron chi connectivity index (χ4n) is 3.76. The molecular formula is C22H25F2N5O4S. The molecule has 1 fully saturated rings. The molecule has 12 heteroatoms. The van der Waals surface area contributed by atoms with E-state index >= 15 is 0 Å². The lowest BCUT2D eigenvalue weighted by molar-refractivity contribution is 0.0557. The van der Waals surface area contributed by atoms with Crippen molar-refractivity contribution >= 4 is 41.0 Å². The number of benzene rings is 1. The number of anilines is 2. The van der Waals surface area contributed by atoms with Crippen LogP contribution in [0, 0.1) is 11.6 Å². The zero-order chi connectivity index (χ0) is 24.5. The molecule has 34 heavy (non-hydrogen) atoms. The summed E-state index contributed by atoms with van der Waals surface area (Å²) in [4.78, 5) is 27.6. The molecule has 9 nitrogen and oxygen atoms in total. The van der Waals surface area contributed by atoms with Gasteiger partial charge in [0.05, 0.1) is 36.7 Å². The average Bonchev–Trinajstić information content (AvgIpc) is 3.40. The molecule has 1 atom stereocenters. The third-order valence-electron chi connectivity index (χ3n) is 5.22. The largest absolute Gasteiger partial charge is 0.443 e. The maximum absolute atomic E-state index is 14.9. The lowest BCUT2D eigenvalue weighted by Crippen LogP contribution is -2.42. The van der Waals surface area contributed by atoms with Crippen molar-refractivity contribution in [2.24, 2.45) is 0 Å². The zero-order valence-corrected chi connectivity index (χ0v) is 19.8. The van der Waals surface area contributed by atoms with E-state index in [9.17, 15) is 18.4 Å². The monoisotopic (exact) mass is 493 g/mol. The molecule has 1 N–H and O–H groups in total. The van der Waals surface area contributed by atoms with Crippen molar-refractivity contribution in [3.63, 3.8) is 0 Å². The summed E-state index contributed by atoms with van der Waals surface area (Å²) in [5, 5.41) is 3.10. The predicted octanol–water partition coefficient (Wildman–Crippen LogP) is 3.96. The lowest BCUT2D eigenvalue weighted by Gasteiger charge is -2.27. The van der Waals surface area contributed by atoms with Crippen LogP contribution in [0.5, 0.6) is 0 Å². The molecule has 2 aliphatic rings. The maximum Gasteiger partial charge on any atom is 0.416 e. The molecule has 3 heterocycles. The Balaban J connectivity index is 1.52. The van der Waals surface area contributed by atoms with Gasteiger partial charge in [0.2, 0.25) is 0 Å². The third-order valence-corrected chi connectivity index (χ3v) is 5.69. The molecule has 2 aliphatic heterocycles. The van der Waals surface area contributed by atoms with E-state index in [2.05, 4.69) is 14.1 Å². The first kappa shape index (κ1) is 24.0. The molecule has 0 spiro atoms. The van der Waals surface area contributed by atoms with Crippen LogP contribution in [-0.4, -0.2) is 58.8 Å². The van der Waals surface area contributed by atoms with Crippen molar-refractivity contribution < 1.29 is 27.8 Å². The number of aromatic nitrogens is 2. The highest BCUT2D eigenvalue weighted by atomic mass is 32.1. The van der Waals surface area contributed by atoms with Crippen LogP contribution in [0.1, 0.15) is 32.8 Å². The Bertz CT molecular complexity index is 1080. The van der Waals surface area contributed by atoms with E-state index in [1.54, 1.807) is 26.8 Å². The number of carbonyl (C=O) groups is 2. The minimum Gasteiger partial charge on any atom is -0.443 e. The fraction of sp³-hybridized carbons (Fsp3) is 0.455. The SMILES string of the molecule is CC(C)(C)OC(=O)N(C[C@H]1CN(c2cc(F)c(C3=CCNCC3)c(F)c2)C(=O)O1)c1cnsn1. The molecule has 4 rings (SSSR count). The van der Waals surface area contributed by atoms with E-state index in [-0.39, 0.29) is 30.2 Å². The van der Waals surface area contributed by atoms with Gasteiger partial charge in [0.25, 0.3) is 0 Å². The Kier molecular flexibility index (Phi) is 6.80. The molecule has 0 unspecified atom stereocenters. The molecule has 1 saturated heterocycles. The Labute approximate surface area is 199 Å². The molecule has 0 aliphatic carbocycles. The van der Waals surface area contributed by atoms with Gasteiger partial charge in [-0.1, -0.05) is 6.08 Å². The third kappa shape index (κ3) is 5.33. The Hall–Kier alpha value is -3.12. The minimum atomic E-state index is -0.778. The molecule has 1 aromatic carbocycles. The summed E-state index contributed by atoms with van der Waals surface area (Å²) >= 11 is 0.916. The number of cyclic esters (lactones) is 1. The second-order valence-corrected chi connectivity index (χ2v) is 9.50. The van der Waals surface area contributed by atoms with Gasteiger partial charge in [-0.15, -0.1) is 0 Å². The first-order chi connectivity index (χ1) is 16.1. The first-order valence-electron chi connectivity index (χ1n) is 10.8. The first-order valence-corrected chi connectivity index (χ1v) is 11.5. The van der Waals surface area contributed by atoms with Gasteiger partial charge in [-0.2, -0.15) is 8.75 Å². The van der Waals surface area contributed by atoms with E-state index < -0.39 is 35.5 Å². The van der Waals surface area contributed by atoms with E-state index in [0.29, 0.717) is 25.1 Å². The molecule has 2 aromatic rings. The Morgan fingerprint density at radius 1 is 1.35 bits per heavy atom. The number of carbonyl (C=O) groups excluding carboxylic acids is 2. The quantitative estimate of drug-likeness (QED) is 0.673. The summed E-state index contributed by atoms with van der Waals surface area (Å²) < 4.78 is 48.6. The standard InChI is InChI=1S/C22H25F2N5O4S/c1-22(2,3)33-21(31)29(18-10-26-34-27-18)12-15-11-28(20(30)32-15)14-8-16(23)19(17(24)9-14)13-4-6-25-7-5-13/h4,8-10,15,25H,5-7,11-12H2,1-3H3/t15-/m1/s1. The average molecular weight is 494 g/mol. The van der Waals surface area contributed by atoms with Crippen LogP contribution >= 0.6 is 11.7 Å². The summed E-state index contributed by atoms with van der Waals surface area (Å²) in [6.07, 6.45) is 1.45. The van der Waals surface area contributed by atoms with Crippen molar-refractivity contribution in [1.29, 1.82) is 0 Å². The Morgan fingerprint density at radius 3 is 2.68 bits per heavy atom. The highest BCUT2D eigenvalue weighted by Crippen LogP contribution is 2.31. The van der Waals surface area contributed by atoms with Gasteiger partial charge in [0.15, 0.2) is 5.82 Å². The van der Waals surface area contributed by atoms with Gasteiger partial charge in [0.1, 0.15) is 23.3 Å². The number of rotatable bonds is 5. The number of amides is 2. The van der Waals surface area contributed by atoms with Gasteiger partial charge in [0, 0.05) is 12.1 Å². The van der Waals surface area contributed by atoms with E-state index in [0.717, 1.165) is 28.8 Å². The van der Waals surface area contributed by atoms with Gasteiger partial charge in [-0.05, 0) is 51.4 Å². The number of hydrogen-bond donors (Lipinski definition) is 1. The normalized spacial score (nSPS) is 18.5. The number of ether oxygens (including phenoxy) is 2. The van der Waals surface area contributed by atoms with Crippen molar-refractivity contribution in [1.82, 2.24) is 14.1 Å². The van der Waals surface area contributed by atoms with Crippen molar-refractivity contribution in [2.45, 2.75) is 38.9 Å². The summed E-state index contributed by atoms with van der Waals surface area (Å²) in [5.41, 5.74) is -0.203. The van der Waals surface area contributed by atoms with Crippen LogP contribution in [0.3, 0.4) is 0 Å². The molecule has 1 aromatic heterocycles. The highest BCUT2D eigenvalue weighted by molar-refractivity contribution is 6.99. The lowest BCUT2D eigenvalue weighted by atomic mass is 9.98. The van der Waals surface area contributed by atoms with Crippen LogP contribution in [0.2, 0.25) is 0 Å². The summed E-state index contributed by atoms with van der Waals surface area (Å²) in [5.74, 6) is -1.24. The maximum atomic E-state index is 14.9. The molecule has 182 valence electrons. The van der Waals surface area contributed by atoms with Gasteiger partial charge < -0.3 is 14.8 Å². The van der Waals surface area contributed by atoms with Gasteiger partial charge >= 0.3 is 12.2 Å². The minimum absolute atomic E-state index is 0.0134. The van der Waals surface area contributed by atoms with Crippen LogP contribution in [-0.2, 0) is 9.47 Å². The Morgan fingerprint density at radius 2 is 2.09 bits per heavy atom. The second kappa shape index (κ2) is 9.63. The molecule has 0 bridgehead atoms. The van der Waals surface area contributed by atoms with Crippen molar-refractivity contribution in [3.8, 4) is 0 Å². The molecule has 2 amide bonds. The highest BCUT2D eigenvalue weighted by Gasteiger charge is 2.37. The summed E-state index contributed by atoms with van der Waals surface area (Å²) in [7, 11) is 0. The van der Waals surface area contributed by atoms with E-state index in [1.165, 1.54) is 11.1 Å². The topological polar surface area (TPSA) is 96.9 Å². The second-order valence-electron chi connectivity index (χ2n) is 8.94. The van der Waals surface area contributed by atoms with Gasteiger partial charge in [-0.3, -0.25) is 9.80 Å². The predicted molar refractivity (Wildman–Crippen MR) is 123 cm³/mol.